The molecule has 0 unspecified atom stereocenters. The number of para-hydroxylation sites is 1. The molecule has 104 valence electrons. The fraction of sp³-hybridized carbons (Fsp3) is 0.0769. The molecule has 0 amide bonds. The summed E-state index contributed by atoms with van der Waals surface area (Å²) in [5.74, 6) is 0. The summed E-state index contributed by atoms with van der Waals surface area (Å²) in [6, 6.07) is 10.4. The molecule has 2 N–H and O–H groups in total. The van der Waals surface area contributed by atoms with Gasteiger partial charge in [0.2, 0.25) is 0 Å². The van der Waals surface area contributed by atoms with Gasteiger partial charge in [-0.1, -0.05) is 17.7 Å². The lowest BCUT2D eigenvalue weighted by atomic mass is 10.2. The molecule has 0 fully saturated rings. The molecule has 2 aromatic rings. The molecule has 0 saturated carbocycles. The van der Waals surface area contributed by atoms with Gasteiger partial charge in [-0.05, 0) is 52.9 Å². The number of hydrogen-bond donors (Lipinski definition) is 2. The average Bonchev–Trinajstić information content (AvgIpc) is 2.41. The van der Waals surface area contributed by atoms with E-state index in [-0.39, 0.29) is 5.69 Å². The van der Waals surface area contributed by atoms with Crippen molar-refractivity contribution in [1.82, 2.24) is 0 Å². The first-order valence-electron chi connectivity index (χ1n) is 5.70. The van der Waals surface area contributed by atoms with E-state index in [0.29, 0.717) is 16.4 Å². The van der Waals surface area contributed by atoms with E-state index in [9.17, 15) is 10.1 Å². The molecule has 5 nitrogen and oxygen atoms in total. The molecule has 0 atom stereocenters. The summed E-state index contributed by atoms with van der Waals surface area (Å²) in [6.07, 6.45) is 0. The predicted octanol–water partition coefficient (Wildman–Crippen LogP) is 4.64. The maximum Gasteiger partial charge on any atom is 0.315 e. The van der Waals surface area contributed by atoms with Crippen LogP contribution in [0.15, 0.2) is 36.4 Å². The SMILES string of the molecule is CNc1cccc(Nc2ccc(Cl)cc2I)c1[N+](=O)[O-]. The van der Waals surface area contributed by atoms with E-state index >= 15 is 0 Å². The molecule has 0 saturated heterocycles. The number of hydrogen-bond acceptors (Lipinski definition) is 4. The van der Waals surface area contributed by atoms with Gasteiger partial charge in [0.1, 0.15) is 11.4 Å². The summed E-state index contributed by atoms with van der Waals surface area (Å²) in [7, 11) is 1.65. The number of nitro groups is 1. The zero-order valence-electron chi connectivity index (χ0n) is 10.5. The number of benzene rings is 2. The predicted molar refractivity (Wildman–Crippen MR) is 90.1 cm³/mol. The first kappa shape index (κ1) is 14.9. The van der Waals surface area contributed by atoms with E-state index in [2.05, 4.69) is 33.2 Å². The summed E-state index contributed by atoms with van der Waals surface area (Å²) in [6.45, 7) is 0. The van der Waals surface area contributed by atoms with E-state index in [0.717, 1.165) is 9.26 Å². The van der Waals surface area contributed by atoms with Crippen molar-refractivity contribution in [2.45, 2.75) is 0 Å². The van der Waals surface area contributed by atoms with Crippen LogP contribution in [-0.4, -0.2) is 12.0 Å². The second kappa shape index (κ2) is 6.27. The highest BCUT2D eigenvalue weighted by Gasteiger charge is 2.19. The van der Waals surface area contributed by atoms with E-state index in [4.69, 9.17) is 11.6 Å². The van der Waals surface area contributed by atoms with Crippen LogP contribution >= 0.6 is 34.2 Å². The zero-order chi connectivity index (χ0) is 14.7. The van der Waals surface area contributed by atoms with E-state index in [1.165, 1.54) is 0 Å². The molecule has 20 heavy (non-hydrogen) atoms. The van der Waals surface area contributed by atoms with Crippen molar-refractivity contribution in [2.75, 3.05) is 17.7 Å². The Morgan fingerprint density at radius 2 is 1.90 bits per heavy atom. The summed E-state index contributed by atoms with van der Waals surface area (Å²) in [5.41, 5.74) is 1.68. The monoisotopic (exact) mass is 403 g/mol. The van der Waals surface area contributed by atoms with E-state index in [1.54, 1.807) is 43.4 Å². The lowest BCUT2D eigenvalue weighted by molar-refractivity contribution is -0.383. The Kier molecular flexibility index (Phi) is 4.66. The van der Waals surface area contributed by atoms with Gasteiger partial charge >= 0.3 is 5.69 Å². The second-order valence-electron chi connectivity index (χ2n) is 3.96. The minimum atomic E-state index is -0.406. The van der Waals surface area contributed by atoms with Crippen LogP contribution in [0.3, 0.4) is 0 Å². The third-order valence-corrected chi connectivity index (χ3v) is 3.82. The molecule has 0 aliphatic carbocycles. The van der Waals surface area contributed by atoms with Crippen molar-refractivity contribution in [3.8, 4) is 0 Å². The Bertz CT molecular complexity index is 664. The van der Waals surface area contributed by atoms with Crippen molar-refractivity contribution in [2.24, 2.45) is 0 Å². The van der Waals surface area contributed by atoms with Crippen LogP contribution in [0.25, 0.3) is 0 Å². The largest absolute Gasteiger partial charge is 0.382 e. The fourth-order valence-corrected chi connectivity index (χ4v) is 2.79. The highest BCUT2D eigenvalue weighted by atomic mass is 127. The van der Waals surface area contributed by atoms with Crippen LogP contribution in [0.5, 0.6) is 0 Å². The summed E-state index contributed by atoms with van der Waals surface area (Å²) < 4.78 is 0.888. The van der Waals surface area contributed by atoms with Crippen molar-refractivity contribution < 1.29 is 4.92 Å². The molecule has 0 aliphatic heterocycles. The highest BCUT2D eigenvalue weighted by Crippen LogP contribution is 2.35. The summed E-state index contributed by atoms with van der Waals surface area (Å²) in [5, 5.41) is 17.8. The van der Waals surface area contributed by atoms with E-state index in [1.807, 2.05) is 0 Å². The van der Waals surface area contributed by atoms with Gasteiger partial charge in [0.25, 0.3) is 0 Å². The molecule has 0 radical (unpaired) electrons. The molecule has 0 aromatic heterocycles. The molecule has 0 spiro atoms. The number of anilines is 3. The first-order chi connectivity index (χ1) is 9.52. The number of nitro benzene ring substituents is 1. The van der Waals surface area contributed by atoms with Gasteiger partial charge in [0, 0.05) is 15.6 Å². The third kappa shape index (κ3) is 3.13. The molecule has 0 bridgehead atoms. The van der Waals surface area contributed by atoms with Gasteiger partial charge in [0.15, 0.2) is 0 Å². The number of nitrogens with zero attached hydrogens (tertiary/aromatic N) is 1. The van der Waals surface area contributed by atoms with Crippen LogP contribution in [0, 0.1) is 13.7 Å². The quantitative estimate of drug-likeness (QED) is 0.443. The van der Waals surface area contributed by atoms with Gasteiger partial charge in [0.05, 0.1) is 10.6 Å². The lowest BCUT2D eigenvalue weighted by Gasteiger charge is -2.11. The molecule has 0 heterocycles. The van der Waals surface area contributed by atoms with Crippen LogP contribution in [-0.2, 0) is 0 Å². The topological polar surface area (TPSA) is 67.2 Å². The smallest absolute Gasteiger partial charge is 0.315 e. The van der Waals surface area contributed by atoms with Gasteiger partial charge in [-0.3, -0.25) is 10.1 Å². The third-order valence-electron chi connectivity index (χ3n) is 2.69. The van der Waals surface area contributed by atoms with E-state index < -0.39 is 4.92 Å². The maximum absolute atomic E-state index is 11.2. The number of rotatable bonds is 4. The molecule has 0 aliphatic rings. The first-order valence-corrected chi connectivity index (χ1v) is 7.16. The minimum Gasteiger partial charge on any atom is -0.382 e. The minimum absolute atomic E-state index is 0.0146. The van der Waals surface area contributed by atoms with Crippen LogP contribution in [0.4, 0.5) is 22.7 Å². The van der Waals surface area contributed by atoms with Crippen LogP contribution in [0.2, 0.25) is 5.02 Å². The Labute approximate surface area is 134 Å². The molecule has 2 rings (SSSR count). The molecule has 7 heteroatoms. The van der Waals surface area contributed by atoms with Crippen molar-refractivity contribution in [1.29, 1.82) is 0 Å². The maximum atomic E-state index is 11.2. The van der Waals surface area contributed by atoms with Crippen molar-refractivity contribution in [3.63, 3.8) is 0 Å². The molecular weight excluding hydrogens is 393 g/mol. The Balaban J connectivity index is 2.45. The van der Waals surface area contributed by atoms with Gasteiger partial charge < -0.3 is 10.6 Å². The van der Waals surface area contributed by atoms with Gasteiger partial charge in [-0.2, -0.15) is 0 Å². The fourth-order valence-electron chi connectivity index (χ4n) is 1.78. The normalized spacial score (nSPS) is 10.2. The van der Waals surface area contributed by atoms with Gasteiger partial charge in [-0.25, -0.2) is 0 Å². The number of nitrogens with one attached hydrogen (secondary N) is 2. The zero-order valence-corrected chi connectivity index (χ0v) is 13.4. The Hall–Kier alpha value is -1.54. The summed E-state index contributed by atoms with van der Waals surface area (Å²) >= 11 is 8.03. The standard InChI is InChI=1S/C13H11ClIN3O2/c1-16-11-3-2-4-12(13(11)18(19)20)17-10-6-5-8(14)7-9(10)15/h2-7,16-17H,1H3. The molecule has 2 aromatic carbocycles. The second-order valence-corrected chi connectivity index (χ2v) is 5.56. The average molecular weight is 404 g/mol. The van der Waals surface area contributed by atoms with Gasteiger partial charge in [-0.15, -0.1) is 0 Å². The highest BCUT2D eigenvalue weighted by molar-refractivity contribution is 14.1. The van der Waals surface area contributed by atoms with Crippen LogP contribution < -0.4 is 10.6 Å². The molecular formula is C13H11ClIN3O2. The van der Waals surface area contributed by atoms with Crippen molar-refractivity contribution >= 4 is 56.9 Å². The Morgan fingerprint density at radius 3 is 2.50 bits per heavy atom. The number of halogens is 2. The lowest BCUT2D eigenvalue weighted by Crippen LogP contribution is -2.02. The van der Waals surface area contributed by atoms with Crippen LogP contribution in [0.1, 0.15) is 0 Å². The summed E-state index contributed by atoms with van der Waals surface area (Å²) in [4.78, 5) is 10.8. The Morgan fingerprint density at radius 1 is 1.20 bits per heavy atom. The van der Waals surface area contributed by atoms with Crippen molar-refractivity contribution in [3.05, 3.63) is 55.1 Å².